The zero-order chi connectivity index (χ0) is 21.5. The minimum absolute atomic E-state index is 0.341. The average Bonchev–Trinajstić information content (AvgIpc) is 2.85. The number of ether oxygens (including phenoxy) is 1. The molecule has 4 nitrogen and oxygen atoms in total. The Balaban J connectivity index is 1.54. The van der Waals surface area contributed by atoms with Gasteiger partial charge in [0.2, 0.25) is 0 Å². The first-order valence-corrected chi connectivity index (χ1v) is 12.4. The van der Waals surface area contributed by atoms with Gasteiger partial charge in [0.25, 0.3) is 7.37 Å². The summed E-state index contributed by atoms with van der Waals surface area (Å²) in [6.07, 6.45) is 0. The first-order valence-electron chi connectivity index (χ1n) is 10.7. The minimum Gasteiger partial charge on any atom is -0.478 e. The van der Waals surface area contributed by atoms with Gasteiger partial charge >= 0.3 is 0 Å². The monoisotopic (exact) mass is 439 g/mol. The fourth-order valence-corrected chi connectivity index (χ4v) is 7.61. The van der Waals surface area contributed by atoms with Crippen molar-refractivity contribution in [2.45, 2.75) is 12.3 Å². The third kappa shape index (κ3) is 3.07. The number of para-hydroxylation sites is 2. The predicted molar refractivity (Wildman–Crippen MR) is 126 cm³/mol. The highest BCUT2D eigenvalue weighted by atomic mass is 31.2. The molecule has 0 bridgehead atoms. The molecule has 2 aliphatic heterocycles. The molecule has 6 rings (SSSR count). The van der Waals surface area contributed by atoms with Crippen LogP contribution in [0.1, 0.15) is 16.9 Å². The summed E-state index contributed by atoms with van der Waals surface area (Å²) in [4.78, 5) is 2.13. The summed E-state index contributed by atoms with van der Waals surface area (Å²) in [5.41, 5.74) is 3.98. The van der Waals surface area contributed by atoms with Crippen molar-refractivity contribution in [1.82, 2.24) is 4.90 Å². The molecule has 0 aliphatic carbocycles. The van der Waals surface area contributed by atoms with Crippen LogP contribution in [0.15, 0.2) is 103 Å². The molecule has 4 aromatic rings. The van der Waals surface area contributed by atoms with Gasteiger partial charge in [-0.15, -0.1) is 0 Å². The van der Waals surface area contributed by atoms with Crippen molar-refractivity contribution in [3.63, 3.8) is 0 Å². The standard InChI is InChI=1S/C27H22NO3P/c29-32(26-17-9-6-13-22(26)21-12-4-8-16-25(21)31-32)27-23-14-5-7-15-24(23)30-19-28(27)18-20-10-2-1-3-11-20/h1-17,27H,18-19H2. The van der Waals surface area contributed by atoms with Crippen molar-refractivity contribution in [2.24, 2.45) is 0 Å². The normalized spacial score (nSPS) is 21.4. The number of fused-ring (bicyclic) bond motifs is 4. The van der Waals surface area contributed by atoms with Gasteiger partial charge in [-0.3, -0.25) is 4.57 Å². The van der Waals surface area contributed by atoms with Gasteiger partial charge in [0.15, 0.2) is 0 Å². The Morgan fingerprint density at radius 2 is 1.41 bits per heavy atom. The van der Waals surface area contributed by atoms with Gasteiger partial charge in [-0.1, -0.05) is 84.9 Å². The van der Waals surface area contributed by atoms with Crippen LogP contribution < -0.4 is 14.6 Å². The molecule has 0 spiro atoms. The van der Waals surface area contributed by atoms with E-state index in [-0.39, 0.29) is 0 Å². The lowest BCUT2D eigenvalue weighted by molar-refractivity contribution is 0.0774. The molecule has 0 saturated carbocycles. The number of nitrogens with zero attached hydrogens (tertiary/aromatic N) is 1. The maximum atomic E-state index is 15.0. The van der Waals surface area contributed by atoms with Crippen molar-refractivity contribution in [1.29, 1.82) is 0 Å². The van der Waals surface area contributed by atoms with E-state index in [0.717, 1.165) is 33.3 Å². The largest absolute Gasteiger partial charge is 0.478 e. The smallest absolute Gasteiger partial charge is 0.299 e. The van der Waals surface area contributed by atoms with Gasteiger partial charge in [-0.05, 0) is 29.3 Å². The second-order valence-electron chi connectivity index (χ2n) is 8.12. The summed E-state index contributed by atoms with van der Waals surface area (Å²) in [5, 5.41) is 0.762. The predicted octanol–water partition coefficient (Wildman–Crippen LogP) is 6.20. The number of benzene rings is 4. The molecule has 158 valence electrons. The summed E-state index contributed by atoms with van der Waals surface area (Å²) in [5.74, 6) is 0.970. The fourth-order valence-electron chi connectivity index (χ4n) is 4.71. The average molecular weight is 439 g/mol. The van der Waals surface area contributed by atoms with Crippen molar-refractivity contribution >= 4 is 12.7 Å². The van der Waals surface area contributed by atoms with Crippen LogP contribution in [-0.2, 0) is 11.1 Å². The lowest BCUT2D eigenvalue weighted by Crippen LogP contribution is -2.39. The van der Waals surface area contributed by atoms with Crippen LogP contribution in [0, 0.1) is 0 Å². The van der Waals surface area contributed by atoms with Gasteiger partial charge in [-0.25, -0.2) is 4.90 Å². The van der Waals surface area contributed by atoms with Gasteiger partial charge in [0, 0.05) is 17.7 Å². The quantitative estimate of drug-likeness (QED) is 0.356. The van der Waals surface area contributed by atoms with Crippen LogP contribution in [-0.4, -0.2) is 11.6 Å². The number of hydrogen-bond acceptors (Lipinski definition) is 4. The summed E-state index contributed by atoms with van der Waals surface area (Å²) < 4.78 is 27.6. The van der Waals surface area contributed by atoms with Gasteiger partial charge in [-0.2, -0.15) is 0 Å². The van der Waals surface area contributed by atoms with E-state index in [1.807, 2.05) is 91.0 Å². The van der Waals surface area contributed by atoms with E-state index in [1.54, 1.807) is 0 Å². The van der Waals surface area contributed by atoms with Crippen LogP contribution in [0.4, 0.5) is 0 Å². The molecule has 2 unspecified atom stereocenters. The van der Waals surface area contributed by atoms with Gasteiger partial charge < -0.3 is 9.26 Å². The molecule has 5 heteroatoms. The van der Waals surface area contributed by atoms with Crippen LogP contribution in [0.25, 0.3) is 11.1 Å². The van der Waals surface area contributed by atoms with Crippen LogP contribution in [0.2, 0.25) is 0 Å². The Bertz CT molecular complexity index is 1340. The highest BCUT2D eigenvalue weighted by Gasteiger charge is 2.49. The molecule has 32 heavy (non-hydrogen) atoms. The molecule has 2 atom stereocenters. The third-order valence-corrected chi connectivity index (χ3v) is 8.91. The van der Waals surface area contributed by atoms with Crippen molar-refractivity contribution < 1.29 is 13.8 Å². The molecule has 2 heterocycles. The minimum atomic E-state index is -3.39. The summed E-state index contributed by atoms with van der Waals surface area (Å²) in [7, 11) is -3.39. The Labute approximate surface area is 187 Å². The molecule has 4 aromatic carbocycles. The van der Waals surface area contributed by atoms with E-state index in [4.69, 9.17) is 9.26 Å². The third-order valence-electron chi connectivity index (χ3n) is 6.13. The van der Waals surface area contributed by atoms with E-state index in [9.17, 15) is 0 Å². The molecular weight excluding hydrogens is 417 g/mol. The van der Waals surface area contributed by atoms with Crippen molar-refractivity contribution in [2.75, 3.05) is 6.73 Å². The topological polar surface area (TPSA) is 38.8 Å². The first-order chi connectivity index (χ1) is 15.7. The maximum Gasteiger partial charge on any atom is 0.299 e. The zero-order valence-electron chi connectivity index (χ0n) is 17.4. The molecule has 0 amide bonds. The number of hydrogen-bond donors (Lipinski definition) is 0. The summed E-state index contributed by atoms with van der Waals surface area (Å²) in [6.45, 7) is 0.949. The van der Waals surface area contributed by atoms with Crippen LogP contribution in [0.3, 0.4) is 0 Å². The molecule has 0 fully saturated rings. The van der Waals surface area contributed by atoms with E-state index in [2.05, 4.69) is 17.0 Å². The fraction of sp³-hybridized carbons (Fsp3) is 0.111. The summed E-state index contributed by atoms with van der Waals surface area (Å²) >= 11 is 0. The van der Waals surface area contributed by atoms with Crippen LogP contribution >= 0.6 is 7.37 Å². The Hall–Kier alpha value is -3.33. The Morgan fingerprint density at radius 1 is 0.750 bits per heavy atom. The molecule has 0 N–H and O–H groups in total. The SMILES string of the molecule is O=P1(C2c3ccccc3OCN2Cc2ccccc2)Oc2ccccc2-c2ccccc21. The highest BCUT2D eigenvalue weighted by Crippen LogP contribution is 2.66. The maximum absolute atomic E-state index is 15.0. The second kappa shape index (κ2) is 7.67. The van der Waals surface area contributed by atoms with E-state index in [0.29, 0.717) is 19.0 Å². The lowest BCUT2D eigenvalue weighted by atomic mass is 10.0. The van der Waals surface area contributed by atoms with Crippen molar-refractivity contribution in [3.05, 3.63) is 114 Å². The first kappa shape index (κ1) is 19.4. The lowest BCUT2D eigenvalue weighted by Gasteiger charge is -2.42. The molecule has 0 radical (unpaired) electrons. The second-order valence-corrected chi connectivity index (χ2v) is 10.5. The Kier molecular flexibility index (Phi) is 4.64. The summed E-state index contributed by atoms with van der Waals surface area (Å²) in [6, 6.07) is 33.8. The van der Waals surface area contributed by atoms with Crippen molar-refractivity contribution in [3.8, 4) is 22.6 Å². The number of rotatable bonds is 3. The molecular formula is C27H22NO3P. The molecule has 2 aliphatic rings. The van der Waals surface area contributed by atoms with E-state index < -0.39 is 13.2 Å². The van der Waals surface area contributed by atoms with E-state index >= 15 is 4.57 Å². The Morgan fingerprint density at radius 3 is 2.25 bits per heavy atom. The van der Waals surface area contributed by atoms with Gasteiger partial charge in [0.05, 0.1) is 5.30 Å². The zero-order valence-corrected chi connectivity index (χ0v) is 18.3. The highest BCUT2D eigenvalue weighted by molar-refractivity contribution is 7.68. The van der Waals surface area contributed by atoms with Gasteiger partial charge in [0.1, 0.15) is 24.0 Å². The molecule has 0 aromatic heterocycles. The van der Waals surface area contributed by atoms with E-state index in [1.165, 1.54) is 0 Å². The van der Waals surface area contributed by atoms with Crippen LogP contribution in [0.5, 0.6) is 11.5 Å². The molecule has 0 saturated heterocycles.